The summed E-state index contributed by atoms with van der Waals surface area (Å²) in [6, 6.07) is 18.1. The van der Waals surface area contributed by atoms with Crippen molar-refractivity contribution in [1.29, 1.82) is 0 Å². The number of fused-ring (bicyclic) bond motifs is 1. The van der Waals surface area contributed by atoms with Crippen LogP contribution in [0.1, 0.15) is 5.56 Å². The lowest BCUT2D eigenvalue weighted by atomic mass is 10.1. The van der Waals surface area contributed by atoms with Gasteiger partial charge in [-0.25, -0.2) is 0 Å². The van der Waals surface area contributed by atoms with Gasteiger partial charge in [-0.05, 0) is 24.1 Å². The lowest BCUT2D eigenvalue weighted by Crippen LogP contribution is -2.30. The van der Waals surface area contributed by atoms with Gasteiger partial charge in [-0.3, -0.25) is 4.79 Å². The van der Waals surface area contributed by atoms with Gasteiger partial charge in [-0.1, -0.05) is 42.5 Å². The fraction of sp³-hybridized carbons (Fsp3) is 0.133. The number of thioether (sulfide) groups is 1. The van der Waals surface area contributed by atoms with Crippen LogP contribution in [0.15, 0.2) is 59.5 Å². The van der Waals surface area contributed by atoms with Crippen LogP contribution in [0.25, 0.3) is 0 Å². The predicted molar refractivity (Wildman–Crippen MR) is 74.9 cm³/mol. The Hall–Kier alpha value is -1.74. The molecule has 2 aromatic carbocycles. The number of carbonyl (C=O) groups excluding carboxylic acids is 1. The van der Waals surface area contributed by atoms with Gasteiger partial charge in [0.2, 0.25) is 5.91 Å². The Morgan fingerprint density at radius 1 is 1.00 bits per heavy atom. The zero-order valence-corrected chi connectivity index (χ0v) is 10.6. The van der Waals surface area contributed by atoms with Crippen LogP contribution in [0.2, 0.25) is 0 Å². The quantitative estimate of drug-likeness (QED) is 0.891. The van der Waals surface area contributed by atoms with Gasteiger partial charge < -0.3 is 5.32 Å². The Labute approximate surface area is 110 Å². The van der Waals surface area contributed by atoms with Gasteiger partial charge in [0, 0.05) is 4.90 Å². The number of anilines is 1. The second-order valence-corrected chi connectivity index (χ2v) is 5.53. The van der Waals surface area contributed by atoms with Crippen LogP contribution in [0.3, 0.4) is 0 Å². The molecule has 0 aliphatic carbocycles. The molecular formula is C15H13NOS. The van der Waals surface area contributed by atoms with Gasteiger partial charge in [0.15, 0.2) is 0 Å². The average molecular weight is 255 g/mol. The number of amides is 1. The predicted octanol–water partition coefficient (Wildman–Crippen LogP) is 3.34. The average Bonchev–Trinajstić information content (AvgIpc) is 2.41. The Morgan fingerprint density at radius 3 is 2.56 bits per heavy atom. The lowest BCUT2D eigenvalue weighted by Gasteiger charge is -2.23. The Balaban J connectivity index is 1.81. The molecule has 1 heterocycles. The molecule has 1 atom stereocenters. The number of hydrogen-bond donors (Lipinski definition) is 1. The first-order chi connectivity index (χ1) is 8.83. The number of hydrogen-bond acceptors (Lipinski definition) is 2. The van der Waals surface area contributed by atoms with E-state index in [1.165, 1.54) is 5.56 Å². The zero-order valence-electron chi connectivity index (χ0n) is 9.80. The van der Waals surface area contributed by atoms with Crippen LogP contribution in [-0.4, -0.2) is 11.2 Å². The molecule has 1 N–H and O–H groups in total. The first-order valence-corrected chi connectivity index (χ1v) is 6.81. The second-order valence-electron chi connectivity index (χ2n) is 4.28. The Morgan fingerprint density at radius 2 is 1.72 bits per heavy atom. The minimum atomic E-state index is -0.0395. The van der Waals surface area contributed by atoms with Gasteiger partial charge in [0.1, 0.15) is 0 Å². The summed E-state index contributed by atoms with van der Waals surface area (Å²) in [7, 11) is 0. The van der Waals surface area contributed by atoms with Crippen molar-refractivity contribution in [2.24, 2.45) is 0 Å². The summed E-state index contributed by atoms with van der Waals surface area (Å²) in [6.45, 7) is 0. The summed E-state index contributed by atoms with van der Waals surface area (Å²) in [5, 5.41) is 2.93. The number of nitrogens with one attached hydrogen (secondary N) is 1. The van der Waals surface area contributed by atoms with Gasteiger partial charge >= 0.3 is 0 Å². The molecule has 0 spiro atoms. The number of rotatable bonds is 2. The molecular weight excluding hydrogens is 242 g/mol. The van der Waals surface area contributed by atoms with Crippen molar-refractivity contribution >= 4 is 23.4 Å². The molecule has 1 aliphatic rings. The molecule has 1 amide bonds. The van der Waals surface area contributed by atoms with E-state index in [2.05, 4.69) is 23.5 Å². The Bertz CT molecular complexity index is 568. The third kappa shape index (κ3) is 2.27. The molecule has 0 saturated carbocycles. The standard InChI is InChI=1S/C15H13NOS/c17-15-14(10-11-6-2-1-3-7-11)18-13-9-5-4-8-12(13)16-15/h1-9,14H,10H2,(H,16,17)/t14-/m1/s1. The lowest BCUT2D eigenvalue weighted by molar-refractivity contribution is -0.115. The van der Waals surface area contributed by atoms with E-state index in [9.17, 15) is 4.79 Å². The van der Waals surface area contributed by atoms with E-state index < -0.39 is 0 Å². The largest absolute Gasteiger partial charge is 0.324 e. The Kier molecular flexibility index (Phi) is 3.07. The highest BCUT2D eigenvalue weighted by molar-refractivity contribution is 8.01. The van der Waals surface area contributed by atoms with Crippen molar-refractivity contribution in [2.45, 2.75) is 16.6 Å². The summed E-state index contributed by atoms with van der Waals surface area (Å²) in [5.74, 6) is 0.0996. The summed E-state index contributed by atoms with van der Waals surface area (Å²) >= 11 is 1.65. The first-order valence-electron chi connectivity index (χ1n) is 5.93. The smallest absolute Gasteiger partial charge is 0.238 e. The zero-order chi connectivity index (χ0) is 12.4. The van der Waals surface area contributed by atoms with Crippen LogP contribution in [0, 0.1) is 0 Å². The highest BCUT2D eigenvalue weighted by Crippen LogP contribution is 2.36. The molecule has 0 unspecified atom stereocenters. The third-order valence-electron chi connectivity index (χ3n) is 2.97. The monoisotopic (exact) mass is 255 g/mol. The van der Waals surface area contributed by atoms with Crippen LogP contribution < -0.4 is 5.32 Å². The highest BCUT2D eigenvalue weighted by Gasteiger charge is 2.26. The van der Waals surface area contributed by atoms with Crippen molar-refractivity contribution in [1.82, 2.24) is 0 Å². The molecule has 0 radical (unpaired) electrons. The summed E-state index contributed by atoms with van der Waals surface area (Å²) in [6.07, 6.45) is 0.770. The van der Waals surface area contributed by atoms with Crippen molar-refractivity contribution in [3.05, 3.63) is 60.2 Å². The van der Waals surface area contributed by atoms with E-state index in [0.717, 1.165) is 17.0 Å². The van der Waals surface area contributed by atoms with Crippen LogP contribution in [-0.2, 0) is 11.2 Å². The van der Waals surface area contributed by atoms with Crippen molar-refractivity contribution in [2.75, 3.05) is 5.32 Å². The molecule has 0 bridgehead atoms. The van der Waals surface area contributed by atoms with E-state index >= 15 is 0 Å². The molecule has 0 fully saturated rings. The van der Waals surface area contributed by atoms with Crippen LogP contribution in [0.5, 0.6) is 0 Å². The van der Waals surface area contributed by atoms with Crippen LogP contribution in [0.4, 0.5) is 5.69 Å². The highest BCUT2D eigenvalue weighted by atomic mass is 32.2. The van der Waals surface area contributed by atoms with Gasteiger partial charge in [0.05, 0.1) is 10.9 Å². The summed E-state index contributed by atoms with van der Waals surface area (Å²) in [5.41, 5.74) is 2.13. The van der Waals surface area contributed by atoms with Crippen molar-refractivity contribution < 1.29 is 4.79 Å². The van der Waals surface area contributed by atoms with Gasteiger partial charge in [0.25, 0.3) is 0 Å². The number of carbonyl (C=O) groups is 1. The van der Waals surface area contributed by atoms with Crippen LogP contribution >= 0.6 is 11.8 Å². The molecule has 3 heteroatoms. The maximum absolute atomic E-state index is 12.0. The SMILES string of the molecule is O=C1Nc2ccccc2S[C@@H]1Cc1ccccc1. The summed E-state index contributed by atoms with van der Waals surface area (Å²) < 4.78 is 0. The van der Waals surface area contributed by atoms with E-state index in [-0.39, 0.29) is 11.2 Å². The molecule has 18 heavy (non-hydrogen) atoms. The van der Waals surface area contributed by atoms with Gasteiger partial charge in [-0.2, -0.15) is 0 Å². The molecule has 2 nitrogen and oxygen atoms in total. The minimum absolute atomic E-state index is 0.0395. The van der Waals surface area contributed by atoms with Crippen molar-refractivity contribution in [3.8, 4) is 0 Å². The molecule has 3 rings (SSSR count). The number of benzene rings is 2. The van der Waals surface area contributed by atoms with E-state index in [0.29, 0.717) is 0 Å². The first kappa shape index (κ1) is 11.4. The van der Waals surface area contributed by atoms with Crippen molar-refractivity contribution in [3.63, 3.8) is 0 Å². The number of para-hydroxylation sites is 1. The fourth-order valence-electron chi connectivity index (χ4n) is 2.06. The maximum Gasteiger partial charge on any atom is 0.238 e. The summed E-state index contributed by atoms with van der Waals surface area (Å²) in [4.78, 5) is 13.2. The van der Waals surface area contributed by atoms with Gasteiger partial charge in [-0.15, -0.1) is 11.8 Å². The van der Waals surface area contributed by atoms with E-state index in [1.54, 1.807) is 11.8 Å². The molecule has 0 saturated heterocycles. The van der Waals surface area contributed by atoms with E-state index in [4.69, 9.17) is 0 Å². The molecule has 2 aromatic rings. The molecule has 0 aromatic heterocycles. The normalized spacial score (nSPS) is 18.0. The maximum atomic E-state index is 12.0. The van der Waals surface area contributed by atoms with E-state index in [1.807, 2.05) is 36.4 Å². The minimum Gasteiger partial charge on any atom is -0.324 e. The third-order valence-corrected chi connectivity index (χ3v) is 4.25. The molecule has 1 aliphatic heterocycles. The topological polar surface area (TPSA) is 29.1 Å². The fourth-order valence-corrected chi connectivity index (χ4v) is 3.21. The second kappa shape index (κ2) is 4.86. The molecule has 90 valence electrons.